The van der Waals surface area contributed by atoms with Crippen LogP contribution >= 0.6 is 0 Å². The summed E-state index contributed by atoms with van der Waals surface area (Å²) >= 11 is 0. The van der Waals surface area contributed by atoms with Gasteiger partial charge in [0, 0.05) is 5.56 Å². The number of benzene rings is 2. The van der Waals surface area contributed by atoms with Crippen molar-refractivity contribution in [2.75, 3.05) is 0 Å². The van der Waals surface area contributed by atoms with Crippen LogP contribution in [0.25, 0.3) is 11.8 Å². The largest absolute Gasteiger partial charge is 0.289 e. The van der Waals surface area contributed by atoms with Crippen LogP contribution in [0.2, 0.25) is 0 Å². The molecular weight excluding hydrogens is 286 g/mol. The zero-order chi connectivity index (χ0) is 16.2. The van der Waals surface area contributed by atoms with E-state index in [-0.39, 0.29) is 5.78 Å². The lowest BCUT2D eigenvalue weighted by molar-refractivity contribution is 0.104. The molecule has 0 spiro atoms. The van der Waals surface area contributed by atoms with E-state index in [9.17, 15) is 4.79 Å². The van der Waals surface area contributed by atoms with Gasteiger partial charge in [0.25, 0.3) is 0 Å². The van der Waals surface area contributed by atoms with Crippen LogP contribution in [0.5, 0.6) is 0 Å². The van der Waals surface area contributed by atoms with Crippen molar-refractivity contribution in [1.82, 2.24) is 14.8 Å². The molecule has 2 aromatic carbocycles. The Hall–Kier alpha value is -3.01. The molecule has 0 fully saturated rings. The zero-order valence-electron chi connectivity index (χ0n) is 13.1. The van der Waals surface area contributed by atoms with Gasteiger partial charge in [0.15, 0.2) is 5.78 Å². The number of hydrogen-bond donors (Lipinski definition) is 0. The van der Waals surface area contributed by atoms with E-state index >= 15 is 0 Å². The SMILES string of the molecule is Cc1ccc(C(=O)C=Cc2ccc(-n3cncn3)cc2)cc1C. The van der Waals surface area contributed by atoms with Crippen LogP contribution in [0.1, 0.15) is 27.0 Å². The average molecular weight is 303 g/mol. The van der Waals surface area contributed by atoms with Crippen molar-refractivity contribution in [2.24, 2.45) is 0 Å². The Morgan fingerprint density at radius 1 is 1.04 bits per heavy atom. The quantitative estimate of drug-likeness (QED) is 0.544. The number of nitrogens with zero attached hydrogens (tertiary/aromatic N) is 3. The minimum Gasteiger partial charge on any atom is -0.289 e. The number of aromatic nitrogens is 3. The first-order chi connectivity index (χ1) is 11.1. The smallest absolute Gasteiger partial charge is 0.185 e. The lowest BCUT2D eigenvalue weighted by atomic mass is 10.0. The van der Waals surface area contributed by atoms with E-state index in [2.05, 4.69) is 10.1 Å². The number of allylic oxidation sites excluding steroid dienone is 1. The van der Waals surface area contributed by atoms with Crippen LogP contribution in [0.3, 0.4) is 0 Å². The van der Waals surface area contributed by atoms with Crippen molar-refractivity contribution in [2.45, 2.75) is 13.8 Å². The van der Waals surface area contributed by atoms with Crippen LogP contribution in [0.15, 0.2) is 61.2 Å². The highest BCUT2D eigenvalue weighted by atomic mass is 16.1. The Kier molecular flexibility index (Phi) is 4.15. The Balaban J connectivity index is 1.74. The van der Waals surface area contributed by atoms with Crippen molar-refractivity contribution in [3.63, 3.8) is 0 Å². The molecule has 0 atom stereocenters. The molecule has 4 heteroatoms. The van der Waals surface area contributed by atoms with Gasteiger partial charge in [-0.3, -0.25) is 4.79 Å². The molecule has 1 heterocycles. The van der Waals surface area contributed by atoms with Crippen molar-refractivity contribution < 1.29 is 4.79 Å². The first-order valence-corrected chi connectivity index (χ1v) is 7.38. The van der Waals surface area contributed by atoms with Gasteiger partial charge < -0.3 is 0 Å². The van der Waals surface area contributed by atoms with E-state index in [1.165, 1.54) is 11.9 Å². The van der Waals surface area contributed by atoms with Gasteiger partial charge in [-0.1, -0.05) is 30.3 Å². The molecule has 114 valence electrons. The van der Waals surface area contributed by atoms with Crippen LogP contribution < -0.4 is 0 Å². The summed E-state index contributed by atoms with van der Waals surface area (Å²) < 4.78 is 1.69. The molecule has 0 aliphatic heterocycles. The highest BCUT2D eigenvalue weighted by Crippen LogP contribution is 2.13. The molecule has 0 aliphatic carbocycles. The summed E-state index contributed by atoms with van der Waals surface area (Å²) in [5.41, 5.74) is 4.92. The molecule has 23 heavy (non-hydrogen) atoms. The molecule has 0 N–H and O–H groups in total. The number of aryl methyl sites for hydroxylation is 2. The first-order valence-electron chi connectivity index (χ1n) is 7.38. The molecule has 3 rings (SSSR count). The van der Waals surface area contributed by atoms with E-state index in [4.69, 9.17) is 0 Å². The van der Waals surface area contributed by atoms with Gasteiger partial charge in [0.2, 0.25) is 0 Å². The fraction of sp³-hybridized carbons (Fsp3) is 0.105. The van der Waals surface area contributed by atoms with E-state index in [1.807, 2.05) is 62.4 Å². The number of rotatable bonds is 4. The van der Waals surface area contributed by atoms with Gasteiger partial charge >= 0.3 is 0 Å². The van der Waals surface area contributed by atoms with Crippen LogP contribution in [-0.4, -0.2) is 20.5 Å². The van der Waals surface area contributed by atoms with Crippen molar-refractivity contribution in [3.05, 3.63) is 83.4 Å². The second-order valence-electron chi connectivity index (χ2n) is 5.43. The molecule has 0 saturated carbocycles. The molecule has 0 unspecified atom stereocenters. The van der Waals surface area contributed by atoms with Crippen molar-refractivity contribution in [1.29, 1.82) is 0 Å². The standard InChI is InChI=1S/C19H17N3O/c1-14-3-7-17(11-15(14)2)19(23)10-6-16-4-8-18(9-5-16)22-13-20-12-21-22/h3-13H,1-2H3. The van der Waals surface area contributed by atoms with Gasteiger partial charge in [-0.15, -0.1) is 0 Å². The van der Waals surface area contributed by atoms with Crippen LogP contribution in [0.4, 0.5) is 0 Å². The first kappa shape index (κ1) is 14.9. The third-order valence-corrected chi connectivity index (χ3v) is 3.79. The van der Waals surface area contributed by atoms with Gasteiger partial charge in [-0.2, -0.15) is 5.10 Å². The number of carbonyl (C=O) groups is 1. The van der Waals surface area contributed by atoms with E-state index in [1.54, 1.807) is 17.1 Å². The molecule has 0 saturated heterocycles. The third-order valence-electron chi connectivity index (χ3n) is 3.79. The maximum atomic E-state index is 12.2. The predicted molar refractivity (Wildman–Crippen MR) is 90.6 cm³/mol. The van der Waals surface area contributed by atoms with Gasteiger partial charge in [-0.05, 0) is 54.8 Å². The van der Waals surface area contributed by atoms with Gasteiger partial charge in [0.05, 0.1) is 5.69 Å². The molecule has 1 aromatic heterocycles. The zero-order valence-corrected chi connectivity index (χ0v) is 13.1. The minimum atomic E-state index is 0.00783. The molecule has 0 radical (unpaired) electrons. The topological polar surface area (TPSA) is 47.8 Å². The molecular formula is C19H17N3O. The summed E-state index contributed by atoms with van der Waals surface area (Å²) in [4.78, 5) is 16.1. The second kappa shape index (κ2) is 6.40. The Labute approximate surface area is 135 Å². The minimum absolute atomic E-state index is 0.00783. The van der Waals surface area contributed by atoms with Crippen molar-refractivity contribution >= 4 is 11.9 Å². The monoisotopic (exact) mass is 303 g/mol. The van der Waals surface area contributed by atoms with Crippen LogP contribution in [0, 0.1) is 13.8 Å². The number of carbonyl (C=O) groups excluding carboxylic acids is 1. The van der Waals surface area contributed by atoms with Gasteiger partial charge in [0.1, 0.15) is 12.7 Å². The fourth-order valence-electron chi connectivity index (χ4n) is 2.24. The maximum absolute atomic E-state index is 12.2. The Morgan fingerprint density at radius 2 is 1.83 bits per heavy atom. The van der Waals surface area contributed by atoms with E-state index in [0.717, 1.165) is 16.8 Å². The Bertz CT molecular complexity index is 847. The summed E-state index contributed by atoms with van der Waals surface area (Å²) in [6.07, 6.45) is 6.57. The van der Waals surface area contributed by atoms with Crippen molar-refractivity contribution in [3.8, 4) is 5.69 Å². The molecule has 0 amide bonds. The maximum Gasteiger partial charge on any atom is 0.185 e. The molecule has 4 nitrogen and oxygen atoms in total. The van der Waals surface area contributed by atoms with E-state index < -0.39 is 0 Å². The highest BCUT2D eigenvalue weighted by molar-refractivity contribution is 6.06. The third kappa shape index (κ3) is 3.43. The highest BCUT2D eigenvalue weighted by Gasteiger charge is 2.03. The summed E-state index contributed by atoms with van der Waals surface area (Å²) in [6, 6.07) is 13.5. The van der Waals surface area contributed by atoms with Crippen LogP contribution in [-0.2, 0) is 0 Å². The normalized spacial score (nSPS) is 11.0. The average Bonchev–Trinajstić information content (AvgIpc) is 3.10. The summed E-state index contributed by atoms with van der Waals surface area (Å²) in [6.45, 7) is 4.05. The number of hydrogen-bond acceptors (Lipinski definition) is 3. The predicted octanol–water partition coefficient (Wildman–Crippen LogP) is 3.78. The summed E-state index contributed by atoms with van der Waals surface area (Å²) in [5.74, 6) is 0.00783. The molecule has 0 bridgehead atoms. The fourth-order valence-corrected chi connectivity index (χ4v) is 2.24. The summed E-state index contributed by atoms with van der Waals surface area (Å²) in [5, 5.41) is 4.08. The number of ketones is 1. The Morgan fingerprint density at radius 3 is 2.48 bits per heavy atom. The lowest BCUT2D eigenvalue weighted by Gasteiger charge is -2.02. The molecule has 0 aliphatic rings. The summed E-state index contributed by atoms with van der Waals surface area (Å²) in [7, 11) is 0. The molecule has 3 aromatic rings. The lowest BCUT2D eigenvalue weighted by Crippen LogP contribution is -1.96. The van der Waals surface area contributed by atoms with E-state index in [0.29, 0.717) is 5.56 Å². The second-order valence-corrected chi connectivity index (χ2v) is 5.43. The van der Waals surface area contributed by atoms with Gasteiger partial charge in [-0.25, -0.2) is 9.67 Å².